The van der Waals surface area contributed by atoms with E-state index in [1.165, 1.54) is 0 Å². The summed E-state index contributed by atoms with van der Waals surface area (Å²) in [6.07, 6.45) is 4.17. The van der Waals surface area contributed by atoms with Crippen LogP contribution in [-0.2, 0) is 17.9 Å². The monoisotopic (exact) mass is 279 g/mol. The number of rotatable bonds is 8. The molecule has 1 rings (SSSR count). The second kappa shape index (κ2) is 8.72. The highest BCUT2D eigenvalue weighted by atomic mass is 16.5. The summed E-state index contributed by atoms with van der Waals surface area (Å²) in [5, 5.41) is 9.26. The van der Waals surface area contributed by atoms with Crippen molar-refractivity contribution in [2.45, 2.75) is 52.7 Å². The molecule has 0 aliphatic rings. The minimum atomic E-state index is -0.217. The first-order chi connectivity index (χ1) is 9.62. The van der Waals surface area contributed by atoms with Crippen LogP contribution >= 0.6 is 0 Å². The van der Waals surface area contributed by atoms with Crippen molar-refractivity contribution in [3.8, 4) is 5.75 Å². The molecular weight excluding hydrogens is 254 g/mol. The molecule has 0 bridgehead atoms. The van der Waals surface area contributed by atoms with Crippen LogP contribution in [0.5, 0.6) is 5.75 Å². The molecule has 0 spiro atoms. The predicted octanol–water partition coefficient (Wildman–Crippen LogP) is 2.76. The molecule has 0 saturated carbocycles. The van der Waals surface area contributed by atoms with Crippen LogP contribution < -0.4 is 10.5 Å². The molecule has 4 heteroatoms. The minimum Gasteiger partial charge on any atom is -0.426 e. The Bertz CT molecular complexity index is 432. The summed E-state index contributed by atoms with van der Waals surface area (Å²) in [6.45, 7) is 4.28. The lowest BCUT2D eigenvalue weighted by molar-refractivity contribution is -0.138. The molecule has 0 aromatic heterocycles. The summed E-state index contributed by atoms with van der Waals surface area (Å²) >= 11 is 0. The van der Waals surface area contributed by atoms with Gasteiger partial charge in [-0.2, -0.15) is 0 Å². The van der Waals surface area contributed by atoms with Crippen molar-refractivity contribution in [3.63, 3.8) is 0 Å². The minimum absolute atomic E-state index is 0.103. The molecule has 0 saturated heterocycles. The Morgan fingerprint density at radius 2 is 2.10 bits per heavy atom. The predicted molar refractivity (Wildman–Crippen MR) is 79.2 cm³/mol. The Hall–Kier alpha value is -1.39. The molecule has 1 atom stereocenters. The van der Waals surface area contributed by atoms with E-state index in [1.807, 2.05) is 6.92 Å². The average Bonchev–Trinajstić information content (AvgIpc) is 2.47. The zero-order valence-corrected chi connectivity index (χ0v) is 12.4. The van der Waals surface area contributed by atoms with Gasteiger partial charge in [-0.05, 0) is 29.7 Å². The number of aliphatic hydroxyl groups excluding tert-OH is 1. The van der Waals surface area contributed by atoms with Gasteiger partial charge in [0.15, 0.2) is 0 Å². The SMILES string of the molecule is CCCCCC(C)C(=O)Oc1ccc(CN)c(CO)c1. The fourth-order valence-electron chi connectivity index (χ4n) is 2.05. The van der Waals surface area contributed by atoms with Gasteiger partial charge in [-0.25, -0.2) is 0 Å². The molecule has 0 aliphatic heterocycles. The van der Waals surface area contributed by atoms with Crippen molar-refractivity contribution in [2.24, 2.45) is 11.7 Å². The quantitative estimate of drug-likeness (QED) is 0.436. The standard InChI is InChI=1S/C16H25NO3/c1-3-4-5-6-12(2)16(19)20-15-8-7-13(10-17)14(9-15)11-18/h7-9,12,18H,3-6,10-11,17H2,1-2H3. The summed E-state index contributed by atoms with van der Waals surface area (Å²) in [4.78, 5) is 12.0. The van der Waals surface area contributed by atoms with Crippen LogP contribution in [0.2, 0.25) is 0 Å². The molecule has 20 heavy (non-hydrogen) atoms. The van der Waals surface area contributed by atoms with E-state index in [0.29, 0.717) is 17.9 Å². The van der Waals surface area contributed by atoms with Gasteiger partial charge in [0.25, 0.3) is 0 Å². The molecule has 112 valence electrons. The number of carbonyl (C=O) groups is 1. The molecule has 4 nitrogen and oxygen atoms in total. The van der Waals surface area contributed by atoms with Crippen molar-refractivity contribution in [1.82, 2.24) is 0 Å². The number of benzene rings is 1. The van der Waals surface area contributed by atoms with E-state index in [0.717, 1.165) is 31.2 Å². The van der Waals surface area contributed by atoms with Crippen molar-refractivity contribution in [1.29, 1.82) is 0 Å². The highest BCUT2D eigenvalue weighted by Gasteiger charge is 2.15. The Morgan fingerprint density at radius 3 is 2.70 bits per heavy atom. The molecule has 0 heterocycles. The molecule has 0 amide bonds. The number of nitrogens with two attached hydrogens (primary N) is 1. The van der Waals surface area contributed by atoms with E-state index >= 15 is 0 Å². The van der Waals surface area contributed by atoms with Gasteiger partial charge in [-0.1, -0.05) is 39.2 Å². The van der Waals surface area contributed by atoms with Crippen molar-refractivity contribution in [2.75, 3.05) is 0 Å². The number of unbranched alkanes of at least 4 members (excludes halogenated alkanes) is 2. The van der Waals surface area contributed by atoms with Crippen LogP contribution in [0.3, 0.4) is 0 Å². The number of hydrogen-bond acceptors (Lipinski definition) is 4. The van der Waals surface area contributed by atoms with Crippen LogP contribution in [0, 0.1) is 5.92 Å². The smallest absolute Gasteiger partial charge is 0.314 e. The Morgan fingerprint density at radius 1 is 1.35 bits per heavy atom. The first kappa shape index (κ1) is 16.7. The number of ether oxygens (including phenoxy) is 1. The van der Waals surface area contributed by atoms with Crippen molar-refractivity contribution in [3.05, 3.63) is 29.3 Å². The fourth-order valence-corrected chi connectivity index (χ4v) is 2.05. The molecule has 0 radical (unpaired) electrons. The summed E-state index contributed by atoms with van der Waals surface area (Å²) in [5.74, 6) is 0.150. The van der Waals surface area contributed by atoms with Crippen molar-refractivity contribution >= 4 is 5.97 Å². The van der Waals surface area contributed by atoms with E-state index in [-0.39, 0.29) is 18.5 Å². The second-order valence-corrected chi connectivity index (χ2v) is 5.11. The van der Waals surface area contributed by atoms with Crippen LogP contribution in [0.25, 0.3) is 0 Å². The van der Waals surface area contributed by atoms with E-state index in [2.05, 4.69) is 6.92 Å². The molecule has 1 aromatic carbocycles. The van der Waals surface area contributed by atoms with Gasteiger partial charge < -0.3 is 15.6 Å². The Balaban J connectivity index is 2.61. The molecule has 1 unspecified atom stereocenters. The highest BCUT2D eigenvalue weighted by molar-refractivity contribution is 5.74. The zero-order valence-electron chi connectivity index (χ0n) is 12.4. The first-order valence-electron chi connectivity index (χ1n) is 7.26. The second-order valence-electron chi connectivity index (χ2n) is 5.11. The number of carbonyl (C=O) groups excluding carboxylic acids is 1. The Labute approximate surface area is 120 Å². The maximum absolute atomic E-state index is 12.0. The van der Waals surface area contributed by atoms with Gasteiger partial charge in [0.2, 0.25) is 0 Å². The topological polar surface area (TPSA) is 72.5 Å². The van der Waals surface area contributed by atoms with E-state index in [9.17, 15) is 9.90 Å². The number of hydrogen-bond donors (Lipinski definition) is 2. The van der Waals surface area contributed by atoms with Gasteiger partial charge in [-0.15, -0.1) is 0 Å². The summed E-state index contributed by atoms with van der Waals surface area (Å²) < 4.78 is 5.36. The van der Waals surface area contributed by atoms with Gasteiger partial charge >= 0.3 is 5.97 Å². The van der Waals surface area contributed by atoms with Gasteiger partial charge in [0.1, 0.15) is 5.75 Å². The van der Waals surface area contributed by atoms with Crippen LogP contribution in [0.4, 0.5) is 0 Å². The van der Waals surface area contributed by atoms with Gasteiger partial charge in [-0.3, -0.25) is 4.79 Å². The number of aliphatic hydroxyl groups is 1. The molecule has 3 N–H and O–H groups in total. The average molecular weight is 279 g/mol. The highest BCUT2D eigenvalue weighted by Crippen LogP contribution is 2.20. The summed E-state index contributed by atoms with van der Waals surface area (Å²) in [7, 11) is 0. The maximum atomic E-state index is 12.0. The summed E-state index contributed by atoms with van der Waals surface area (Å²) in [5.41, 5.74) is 7.14. The summed E-state index contributed by atoms with van der Waals surface area (Å²) in [6, 6.07) is 5.19. The van der Waals surface area contributed by atoms with Gasteiger partial charge in [0, 0.05) is 6.54 Å². The lowest BCUT2D eigenvalue weighted by atomic mass is 10.0. The third-order valence-electron chi connectivity index (χ3n) is 3.43. The third kappa shape index (κ3) is 4.94. The maximum Gasteiger partial charge on any atom is 0.314 e. The van der Waals surface area contributed by atoms with Crippen LogP contribution in [-0.4, -0.2) is 11.1 Å². The molecule has 0 fully saturated rings. The molecule has 0 aliphatic carbocycles. The number of esters is 1. The van der Waals surface area contributed by atoms with E-state index in [4.69, 9.17) is 10.5 Å². The third-order valence-corrected chi connectivity index (χ3v) is 3.43. The first-order valence-corrected chi connectivity index (χ1v) is 7.26. The zero-order chi connectivity index (χ0) is 15.0. The molecular formula is C16H25NO3. The lowest BCUT2D eigenvalue weighted by Crippen LogP contribution is -2.18. The van der Waals surface area contributed by atoms with Gasteiger partial charge in [0.05, 0.1) is 12.5 Å². The van der Waals surface area contributed by atoms with E-state index < -0.39 is 0 Å². The van der Waals surface area contributed by atoms with Crippen LogP contribution in [0.15, 0.2) is 18.2 Å². The largest absolute Gasteiger partial charge is 0.426 e. The lowest BCUT2D eigenvalue weighted by Gasteiger charge is -2.12. The van der Waals surface area contributed by atoms with Crippen molar-refractivity contribution < 1.29 is 14.6 Å². The fraction of sp³-hybridized carbons (Fsp3) is 0.562. The van der Waals surface area contributed by atoms with Crippen LogP contribution in [0.1, 0.15) is 50.7 Å². The molecule has 1 aromatic rings. The Kier molecular flexibility index (Phi) is 7.26. The normalized spacial score (nSPS) is 12.2. The van der Waals surface area contributed by atoms with E-state index in [1.54, 1.807) is 18.2 Å².